The van der Waals surface area contributed by atoms with Crippen molar-refractivity contribution < 1.29 is 95.3 Å². The molecule has 55 heavy (non-hydrogen) atoms. The van der Waals surface area contributed by atoms with Gasteiger partial charge in [0.2, 0.25) is 0 Å². The summed E-state index contributed by atoms with van der Waals surface area (Å²) in [5.74, 6) is -2.97. The minimum absolute atomic E-state index is 0.269. The molecule has 20 nitrogen and oxygen atoms in total. The summed E-state index contributed by atoms with van der Waals surface area (Å²) in [4.78, 5) is 105. The van der Waals surface area contributed by atoms with Crippen LogP contribution in [-0.2, 0) is 95.3 Å². The van der Waals surface area contributed by atoms with Gasteiger partial charge in [-0.2, -0.15) is 0 Å². The van der Waals surface area contributed by atoms with Gasteiger partial charge in [0.05, 0.1) is 71.1 Å². The Morgan fingerprint density at radius 3 is 0.327 bits per heavy atom. The molecular formula is C35H60O20. The molecule has 0 radical (unpaired) electrons. The number of methoxy groups -OCH3 is 10. The Labute approximate surface area is 322 Å². The zero-order valence-electron chi connectivity index (χ0n) is 33.8. The Morgan fingerprint density at radius 1 is 0.200 bits per heavy atom. The molecule has 0 aromatic heterocycles. The SMILES string of the molecule is COC(=O)CCCC(=O)OC.COC(=O)CCCC(=O)OC.COC(=O)CCCC(=O)OC.COC(=O)CCCC(=O)OC.COC(=O)CCCC(=O)OC. The van der Waals surface area contributed by atoms with Crippen LogP contribution in [0.15, 0.2) is 0 Å². The minimum atomic E-state index is -0.297. The number of carbonyl (C=O) groups is 10. The highest BCUT2D eigenvalue weighted by atomic mass is 16.6. The van der Waals surface area contributed by atoms with E-state index in [-0.39, 0.29) is 124 Å². The van der Waals surface area contributed by atoms with Crippen LogP contribution in [0, 0.1) is 0 Å². The van der Waals surface area contributed by atoms with Gasteiger partial charge >= 0.3 is 59.7 Å². The normalized spacial score (nSPS) is 8.91. The Balaban J connectivity index is -0.000000189. The number of rotatable bonds is 20. The van der Waals surface area contributed by atoms with Crippen LogP contribution in [0.4, 0.5) is 0 Å². The van der Waals surface area contributed by atoms with E-state index in [0.29, 0.717) is 32.1 Å². The third kappa shape index (κ3) is 53.2. The molecule has 0 aromatic rings. The summed E-state index contributed by atoms with van der Waals surface area (Å²) in [6.07, 6.45) is 5.12. The first-order valence-corrected chi connectivity index (χ1v) is 16.7. The molecule has 0 bridgehead atoms. The zero-order chi connectivity index (χ0) is 43.5. The lowest BCUT2D eigenvalue weighted by molar-refractivity contribution is -0.144. The van der Waals surface area contributed by atoms with Crippen LogP contribution in [0.1, 0.15) is 96.3 Å². The molecule has 0 rings (SSSR count). The number of hydrogen-bond donors (Lipinski definition) is 0. The molecule has 0 aliphatic heterocycles. The third-order valence-electron chi connectivity index (χ3n) is 6.09. The molecule has 0 amide bonds. The number of hydrogen-bond acceptors (Lipinski definition) is 20. The summed E-state index contributed by atoms with van der Waals surface area (Å²) in [5, 5.41) is 0. The van der Waals surface area contributed by atoms with Gasteiger partial charge in [-0.25, -0.2) is 0 Å². The monoisotopic (exact) mass is 800 g/mol. The van der Waals surface area contributed by atoms with Gasteiger partial charge < -0.3 is 47.4 Å². The second-order valence-corrected chi connectivity index (χ2v) is 10.0. The highest BCUT2D eigenvalue weighted by molar-refractivity contribution is 5.74. The molecule has 0 saturated carbocycles. The van der Waals surface area contributed by atoms with Crippen LogP contribution in [0.2, 0.25) is 0 Å². The molecule has 0 unspecified atom stereocenters. The van der Waals surface area contributed by atoms with Crippen LogP contribution in [-0.4, -0.2) is 131 Å². The first kappa shape index (κ1) is 59.0. The number of esters is 10. The summed E-state index contributed by atoms with van der Waals surface area (Å²) in [5.41, 5.74) is 0. The summed E-state index contributed by atoms with van der Waals surface area (Å²) in [7, 11) is 13.2. The van der Waals surface area contributed by atoms with Crippen molar-refractivity contribution in [3.05, 3.63) is 0 Å². The van der Waals surface area contributed by atoms with E-state index in [9.17, 15) is 47.9 Å². The second-order valence-electron chi connectivity index (χ2n) is 10.0. The maximum Gasteiger partial charge on any atom is 0.305 e. The highest BCUT2D eigenvalue weighted by Gasteiger charge is 2.07. The summed E-state index contributed by atoms with van der Waals surface area (Å²) in [6, 6.07) is 0. The standard InChI is InChI=1S/5C7H12O4/c5*1-10-6(8)4-3-5-7(9)11-2/h5*3-5H2,1-2H3. The van der Waals surface area contributed by atoms with E-state index in [2.05, 4.69) is 47.4 Å². The molecule has 20 heteroatoms. The van der Waals surface area contributed by atoms with Gasteiger partial charge in [-0.1, -0.05) is 0 Å². The van der Waals surface area contributed by atoms with E-state index >= 15 is 0 Å². The van der Waals surface area contributed by atoms with Crippen molar-refractivity contribution in [1.29, 1.82) is 0 Å². The fourth-order valence-electron chi connectivity index (χ4n) is 2.91. The third-order valence-corrected chi connectivity index (χ3v) is 6.09. The minimum Gasteiger partial charge on any atom is -0.469 e. The molecule has 320 valence electrons. The van der Waals surface area contributed by atoms with Crippen molar-refractivity contribution in [3.8, 4) is 0 Å². The molecule has 0 atom stereocenters. The number of carbonyl (C=O) groups excluding carboxylic acids is 10. The molecule has 0 aromatic carbocycles. The average Bonchev–Trinajstić information content (AvgIpc) is 3.20. The van der Waals surface area contributed by atoms with Gasteiger partial charge in [-0.05, 0) is 32.1 Å². The molecule has 0 heterocycles. The molecule has 0 fully saturated rings. The van der Waals surface area contributed by atoms with Gasteiger partial charge in [0.25, 0.3) is 0 Å². The van der Waals surface area contributed by atoms with Crippen molar-refractivity contribution >= 4 is 59.7 Å². The second kappa shape index (κ2) is 44.9. The van der Waals surface area contributed by atoms with Crippen LogP contribution in [0.25, 0.3) is 0 Å². The van der Waals surface area contributed by atoms with Gasteiger partial charge in [-0.15, -0.1) is 0 Å². The number of ether oxygens (including phenoxy) is 10. The van der Waals surface area contributed by atoms with Crippen LogP contribution in [0.5, 0.6) is 0 Å². The van der Waals surface area contributed by atoms with Gasteiger partial charge in [0.1, 0.15) is 0 Å². The Morgan fingerprint density at radius 2 is 0.273 bits per heavy atom. The molecule has 0 saturated heterocycles. The molecule has 0 spiro atoms. The highest BCUT2D eigenvalue weighted by Crippen LogP contribution is 2.01. The van der Waals surface area contributed by atoms with E-state index in [4.69, 9.17) is 0 Å². The van der Waals surface area contributed by atoms with E-state index in [0.717, 1.165) is 0 Å². The summed E-state index contributed by atoms with van der Waals surface area (Å²) >= 11 is 0. The van der Waals surface area contributed by atoms with Gasteiger partial charge in [-0.3, -0.25) is 47.9 Å². The zero-order valence-corrected chi connectivity index (χ0v) is 33.8. The lowest BCUT2D eigenvalue weighted by Crippen LogP contribution is -2.04. The topological polar surface area (TPSA) is 263 Å². The first-order valence-electron chi connectivity index (χ1n) is 16.7. The van der Waals surface area contributed by atoms with Gasteiger partial charge in [0.15, 0.2) is 0 Å². The summed E-state index contributed by atoms with van der Waals surface area (Å²) in [6.45, 7) is 0. The van der Waals surface area contributed by atoms with Gasteiger partial charge in [0, 0.05) is 64.2 Å². The van der Waals surface area contributed by atoms with Crippen LogP contribution < -0.4 is 0 Å². The van der Waals surface area contributed by atoms with Crippen molar-refractivity contribution in [1.82, 2.24) is 0 Å². The Kier molecular flexibility index (Phi) is 48.1. The Hall–Kier alpha value is -5.30. The smallest absolute Gasteiger partial charge is 0.305 e. The Bertz CT molecular complexity index is 824. The molecule has 0 aliphatic rings. The predicted octanol–water partition coefficient (Wildman–Crippen LogP) is 2.51. The van der Waals surface area contributed by atoms with Crippen molar-refractivity contribution in [2.45, 2.75) is 96.3 Å². The molecular weight excluding hydrogens is 740 g/mol. The quantitative estimate of drug-likeness (QED) is 0.126. The van der Waals surface area contributed by atoms with Crippen LogP contribution in [0.3, 0.4) is 0 Å². The maximum absolute atomic E-state index is 10.5. The van der Waals surface area contributed by atoms with Crippen molar-refractivity contribution in [2.24, 2.45) is 0 Å². The van der Waals surface area contributed by atoms with Crippen LogP contribution >= 0.6 is 0 Å². The molecule has 0 aliphatic carbocycles. The first-order chi connectivity index (χ1) is 26.0. The largest absolute Gasteiger partial charge is 0.469 e. The van der Waals surface area contributed by atoms with E-state index in [1.165, 1.54) is 71.1 Å². The van der Waals surface area contributed by atoms with E-state index < -0.39 is 0 Å². The van der Waals surface area contributed by atoms with E-state index in [1.807, 2.05) is 0 Å². The lowest BCUT2D eigenvalue weighted by Gasteiger charge is -1.97. The average molecular weight is 801 g/mol. The fraction of sp³-hybridized carbons (Fsp3) is 0.714. The fourth-order valence-corrected chi connectivity index (χ4v) is 2.91. The molecule has 0 N–H and O–H groups in total. The lowest BCUT2D eigenvalue weighted by atomic mass is 10.2. The van der Waals surface area contributed by atoms with E-state index in [1.54, 1.807) is 0 Å². The van der Waals surface area contributed by atoms with Crippen molar-refractivity contribution in [3.63, 3.8) is 0 Å². The van der Waals surface area contributed by atoms with Crippen molar-refractivity contribution in [2.75, 3.05) is 71.1 Å². The predicted molar refractivity (Wildman–Crippen MR) is 189 cm³/mol. The maximum atomic E-state index is 10.5. The summed E-state index contributed by atoms with van der Waals surface area (Å²) < 4.78 is 43.7.